The van der Waals surface area contributed by atoms with Crippen molar-refractivity contribution < 1.29 is 13.9 Å². The lowest BCUT2D eigenvalue weighted by atomic mass is 10.2. The van der Waals surface area contributed by atoms with Gasteiger partial charge in [0.05, 0.1) is 17.7 Å². The van der Waals surface area contributed by atoms with Crippen molar-refractivity contribution in [1.82, 2.24) is 9.13 Å². The second-order valence-electron chi connectivity index (χ2n) is 6.01. The summed E-state index contributed by atoms with van der Waals surface area (Å²) in [5, 5.41) is 0. The first-order valence-electron chi connectivity index (χ1n) is 8.45. The molecule has 0 spiro atoms. The molecule has 3 aromatic rings. The molecular formula is C19H22N2O4. The molecule has 0 fully saturated rings. The number of rotatable bonds is 6. The van der Waals surface area contributed by atoms with Crippen molar-refractivity contribution in [2.24, 2.45) is 0 Å². The highest BCUT2D eigenvalue weighted by molar-refractivity contribution is 5.91. The molecule has 0 unspecified atom stereocenters. The van der Waals surface area contributed by atoms with Crippen molar-refractivity contribution in [3.8, 4) is 0 Å². The van der Waals surface area contributed by atoms with E-state index in [1.807, 2.05) is 45.0 Å². The molecule has 132 valence electrons. The fraction of sp³-hybridized carbons (Fsp3) is 0.368. The van der Waals surface area contributed by atoms with Crippen LogP contribution in [0.3, 0.4) is 0 Å². The van der Waals surface area contributed by atoms with E-state index in [0.29, 0.717) is 24.1 Å². The van der Waals surface area contributed by atoms with Crippen molar-refractivity contribution in [3.05, 3.63) is 57.8 Å². The first kappa shape index (κ1) is 17.1. The minimum atomic E-state index is -0.390. The molecule has 0 atom stereocenters. The third-order valence-corrected chi connectivity index (χ3v) is 4.44. The number of ether oxygens (including phenoxy) is 1. The molecule has 2 aromatic heterocycles. The second-order valence-corrected chi connectivity index (χ2v) is 6.01. The summed E-state index contributed by atoms with van der Waals surface area (Å²) in [5.41, 5.74) is 3.89. The van der Waals surface area contributed by atoms with Gasteiger partial charge in [0.15, 0.2) is 5.58 Å². The van der Waals surface area contributed by atoms with E-state index in [4.69, 9.17) is 9.15 Å². The molecule has 0 bridgehead atoms. The molecule has 0 saturated carbocycles. The molecule has 6 nitrogen and oxygen atoms in total. The summed E-state index contributed by atoms with van der Waals surface area (Å²) < 4.78 is 14.2. The predicted octanol–water partition coefficient (Wildman–Crippen LogP) is 3.28. The number of aromatic nitrogens is 2. The maximum absolute atomic E-state index is 12.3. The smallest absolute Gasteiger partial charge is 0.419 e. The van der Waals surface area contributed by atoms with Crippen molar-refractivity contribution in [2.75, 3.05) is 6.61 Å². The van der Waals surface area contributed by atoms with Gasteiger partial charge in [-0.15, -0.1) is 0 Å². The number of carbonyl (C=O) groups excluding carboxylic acids is 1. The third-order valence-electron chi connectivity index (χ3n) is 4.44. The summed E-state index contributed by atoms with van der Waals surface area (Å²) in [5.74, 6) is -0.712. The van der Waals surface area contributed by atoms with E-state index >= 15 is 0 Å². The van der Waals surface area contributed by atoms with Gasteiger partial charge in [0.1, 0.15) is 0 Å². The summed E-state index contributed by atoms with van der Waals surface area (Å²) in [6, 6.07) is 9.14. The van der Waals surface area contributed by atoms with Gasteiger partial charge >= 0.3 is 11.7 Å². The minimum absolute atomic E-state index is 0.251. The Morgan fingerprint density at radius 1 is 1.20 bits per heavy atom. The third kappa shape index (κ3) is 3.24. The van der Waals surface area contributed by atoms with Crippen LogP contribution in [0.2, 0.25) is 0 Å². The first-order chi connectivity index (χ1) is 12.0. The number of oxazole rings is 1. The zero-order valence-electron chi connectivity index (χ0n) is 14.7. The van der Waals surface area contributed by atoms with Crippen molar-refractivity contribution in [3.63, 3.8) is 0 Å². The monoisotopic (exact) mass is 342 g/mol. The van der Waals surface area contributed by atoms with E-state index in [1.165, 1.54) is 0 Å². The summed E-state index contributed by atoms with van der Waals surface area (Å²) in [4.78, 5) is 24.2. The van der Waals surface area contributed by atoms with Crippen LogP contribution in [0.4, 0.5) is 0 Å². The summed E-state index contributed by atoms with van der Waals surface area (Å²) >= 11 is 0. The zero-order chi connectivity index (χ0) is 18.0. The Morgan fingerprint density at radius 3 is 2.68 bits per heavy atom. The summed E-state index contributed by atoms with van der Waals surface area (Å²) in [6.45, 7) is 7.45. The van der Waals surface area contributed by atoms with Gasteiger partial charge in [-0.2, -0.15) is 0 Å². The number of hydrogen-bond donors (Lipinski definition) is 0. The molecule has 25 heavy (non-hydrogen) atoms. The molecular weight excluding hydrogens is 320 g/mol. The van der Waals surface area contributed by atoms with Crippen molar-refractivity contribution in [1.29, 1.82) is 0 Å². The number of fused-ring (bicyclic) bond motifs is 1. The van der Waals surface area contributed by atoms with Crippen molar-refractivity contribution in [2.45, 2.75) is 40.3 Å². The average molecular weight is 342 g/mol. The Kier molecular flexibility index (Phi) is 4.79. The van der Waals surface area contributed by atoms with Crippen LogP contribution in [0, 0.1) is 13.8 Å². The van der Waals surface area contributed by atoms with Crippen LogP contribution in [0.25, 0.3) is 11.1 Å². The highest BCUT2D eigenvalue weighted by Gasteiger charge is 2.16. The number of benzene rings is 1. The molecule has 2 heterocycles. The Bertz CT molecular complexity index is 962. The van der Waals surface area contributed by atoms with Crippen LogP contribution in [0.15, 0.2) is 39.5 Å². The van der Waals surface area contributed by atoms with Crippen molar-refractivity contribution >= 4 is 17.1 Å². The maximum Gasteiger partial charge on any atom is 0.419 e. The standard InChI is InChI=1S/C19H22N2O4/c1-4-20-13(2)12-15(14(20)3)18(22)24-11-7-10-21-16-8-5-6-9-17(16)25-19(21)23/h5-6,8-9,12H,4,7,10-11H2,1-3H3. The lowest BCUT2D eigenvalue weighted by molar-refractivity contribution is 0.0495. The van der Waals surface area contributed by atoms with Crippen LogP contribution in [0.5, 0.6) is 0 Å². The molecule has 0 aliphatic heterocycles. The Hall–Kier alpha value is -2.76. The fourth-order valence-corrected chi connectivity index (χ4v) is 3.19. The lowest BCUT2D eigenvalue weighted by Gasteiger charge is -2.07. The van der Waals surface area contributed by atoms with E-state index in [-0.39, 0.29) is 18.3 Å². The highest BCUT2D eigenvalue weighted by atomic mass is 16.5. The second kappa shape index (κ2) is 7.01. The average Bonchev–Trinajstić information content (AvgIpc) is 3.07. The van der Waals surface area contributed by atoms with E-state index in [0.717, 1.165) is 23.4 Å². The number of aryl methyl sites for hydroxylation is 2. The fourth-order valence-electron chi connectivity index (χ4n) is 3.19. The van der Waals surface area contributed by atoms with Gasteiger partial charge in [0, 0.05) is 24.5 Å². The topological polar surface area (TPSA) is 66.4 Å². The van der Waals surface area contributed by atoms with Gasteiger partial charge in [-0.1, -0.05) is 12.1 Å². The van der Waals surface area contributed by atoms with Crippen LogP contribution in [-0.2, 0) is 17.8 Å². The van der Waals surface area contributed by atoms with E-state index < -0.39 is 0 Å². The molecule has 6 heteroatoms. The van der Waals surface area contributed by atoms with E-state index in [9.17, 15) is 9.59 Å². The number of para-hydroxylation sites is 2. The molecule has 0 N–H and O–H groups in total. The normalized spacial score (nSPS) is 11.2. The lowest BCUT2D eigenvalue weighted by Crippen LogP contribution is -2.16. The maximum atomic E-state index is 12.3. The molecule has 0 aliphatic carbocycles. The van der Waals surface area contributed by atoms with Gasteiger partial charge in [0.2, 0.25) is 0 Å². The first-order valence-corrected chi connectivity index (χ1v) is 8.45. The van der Waals surface area contributed by atoms with Crippen LogP contribution >= 0.6 is 0 Å². The van der Waals surface area contributed by atoms with E-state index in [1.54, 1.807) is 10.6 Å². The number of hydrogen-bond acceptors (Lipinski definition) is 4. The highest BCUT2D eigenvalue weighted by Crippen LogP contribution is 2.16. The summed E-state index contributed by atoms with van der Waals surface area (Å²) in [6.07, 6.45) is 0.543. The van der Waals surface area contributed by atoms with Gasteiger partial charge in [-0.25, -0.2) is 9.59 Å². The molecule has 3 rings (SSSR count). The Morgan fingerprint density at radius 2 is 1.96 bits per heavy atom. The number of nitrogens with zero attached hydrogens (tertiary/aromatic N) is 2. The molecule has 0 radical (unpaired) electrons. The van der Waals surface area contributed by atoms with Crippen LogP contribution < -0.4 is 5.76 Å². The molecule has 0 saturated heterocycles. The molecule has 1 aromatic carbocycles. The van der Waals surface area contributed by atoms with Crippen LogP contribution in [-0.4, -0.2) is 21.7 Å². The predicted molar refractivity (Wildman–Crippen MR) is 95.0 cm³/mol. The van der Waals surface area contributed by atoms with Gasteiger partial charge in [-0.05, 0) is 45.4 Å². The SMILES string of the molecule is CCn1c(C)cc(C(=O)OCCCn2c(=O)oc3ccccc32)c1C. The van der Waals surface area contributed by atoms with Crippen LogP contribution in [0.1, 0.15) is 35.1 Å². The van der Waals surface area contributed by atoms with E-state index in [2.05, 4.69) is 4.57 Å². The number of carbonyl (C=O) groups is 1. The largest absolute Gasteiger partial charge is 0.462 e. The van der Waals surface area contributed by atoms with Gasteiger partial charge in [-0.3, -0.25) is 4.57 Å². The molecule has 0 aliphatic rings. The Balaban J connectivity index is 1.61. The molecule has 0 amide bonds. The zero-order valence-corrected chi connectivity index (χ0v) is 14.7. The minimum Gasteiger partial charge on any atom is -0.462 e. The Labute approximate surface area is 145 Å². The van der Waals surface area contributed by atoms with Gasteiger partial charge in [0.25, 0.3) is 0 Å². The number of esters is 1. The van der Waals surface area contributed by atoms with Gasteiger partial charge < -0.3 is 13.7 Å². The summed E-state index contributed by atoms with van der Waals surface area (Å²) in [7, 11) is 0. The quantitative estimate of drug-likeness (QED) is 0.509.